The first-order valence-electron chi connectivity index (χ1n) is 7.13. The molecule has 0 amide bonds. The van der Waals surface area contributed by atoms with Crippen LogP contribution in [0.5, 0.6) is 0 Å². The van der Waals surface area contributed by atoms with E-state index in [2.05, 4.69) is 43.0 Å². The summed E-state index contributed by atoms with van der Waals surface area (Å²) in [4.78, 5) is 13.0. The molecule has 1 N–H and O–H groups in total. The number of hydrogen-bond acceptors (Lipinski definition) is 2. The van der Waals surface area contributed by atoms with Crippen molar-refractivity contribution in [3.05, 3.63) is 29.8 Å². The normalized spacial score (nSPS) is 19.1. The van der Waals surface area contributed by atoms with Gasteiger partial charge in [-0.05, 0) is 42.4 Å². The summed E-state index contributed by atoms with van der Waals surface area (Å²) in [6.07, 6.45) is 2.21. The Hall–Kier alpha value is -1.51. The van der Waals surface area contributed by atoms with E-state index in [1.165, 1.54) is 11.3 Å². The molecule has 1 heterocycles. The van der Waals surface area contributed by atoms with Gasteiger partial charge in [0.05, 0.1) is 0 Å². The highest BCUT2D eigenvalue weighted by Gasteiger charge is 2.23. The van der Waals surface area contributed by atoms with Gasteiger partial charge in [-0.3, -0.25) is 4.79 Å². The molecule has 3 heteroatoms. The quantitative estimate of drug-likeness (QED) is 0.882. The average Bonchev–Trinajstić information content (AvgIpc) is 2.85. The highest BCUT2D eigenvalue weighted by molar-refractivity contribution is 5.66. The van der Waals surface area contributed by atoms with Crippen molar-refractivity contribution >= 4 is 11.7 Å². The van der Waals surface area contributed by atoms with Gasteiger partial charge in [-0.25, -0.2) is 0 Å². The van der Waals surface area contributed by atoms with Crippen molar-refractivity contribution in [1.29, 1.82) is 0 Å². The summed E-state index contributed by atoms with van der Waals surface area (Å²) in [6, 6.07) is 8.78. The van der Waals surface area contributed by atoms with Gasteiger partial charge in [-0.2, -0.15) is 0 Å². The van der Waals surface area contributed by atoms with Gasteiger partial charge in [0.15, 0.2) is 0 Å². The second-order valence-corrected chi connectivity index (χ2v) is 5.78. The Bertz CT molecular complexity index is 425. The molecule has 0 bridgehead atoms. The van der Waals surface area contributed by atoms with Crippen molar-refractivity contribution in [2.24, 2.45) is 5.92 Å². The Labute approximate surface area is 115 Å². The average molecular weight is 261 g/mol. The van der Waals surface area contributed by atoms with Crippen LogP contribution < -0.4 is 4.90 Å². The van der Waals surface area contributed by atoms with E-state index in [1.807, 2.05) is 0 Å². The lowest BCUT2D eigenvalue weighted by Crippen LogP contribution is -2.19. The second-order valence-electron chi connectivity index (χ2n) is 5.78. The Morgan fingerprint density at radius 2 is 2.05 bits per heavy atom. The number of carboxylic acids is 1. The van der Waals surface area contributed by atoms with E-state index in [9.17, 15) is 4.79 Å². The van der Waals surface area contributed by atoms with E-state index in [-0.39, 0.29) is 0 Å². The van der Waals surface area contributed by atoms with E-state index in [1.54, 1.807) is 0 Å². The number of carboxylic acid groups (broad SMARTS) is 1. The summed E-state index contributed by atoms with van der Waals surface area (Å²) in [7, 11) is 0. The monoisotopic (exact) mass is 261 g/mol. The Morgan fingerprint density at radius 1 is 1.37 bits per heavy atom. The molecule has 104 valence electrons. The highest BCUT2D eigenvalue weighted by atomic mass is 16.4. The van der Waals surface area contributed by atoms with Crippen molar-refractivity contribution in [3.8, 4) is 0 Å². The van der Waals surface area contributed by atoms with Crippen molar-refractivity contribution in [1.82, 2.24) is 0 Å². The van der Waals surface area contributed by atoms with Gasteiger partial charge in [0.2, 0.25) is 0 Å². The fourth-order valence-corrected chi connectivity index (χ4v) is 2.70. The highest BCUT2D eigenvalue weighted by Crippen LogP contribution is 2.27. The minimum absolute atomic E-state index is 0.296. The van der Waals surface area contributed by atoms with E-state index in [0.717, 1.165) is 25.9 Å². The van der Waals surface area contributed by atoms with Crippen molar-refractivity contribution < 1.29 is 9.90 Å². The molecule has 0 aliphatic carbocycles. The zero-order valence-corrected chi connectivity index (χ0v) is 11.8. The van der Waals surface area contributed by atoms with Crippen molar-refractivity contribution in [2.45, 2.75) is 39.0 Å². The lowest BCUT2D eigenvalue weighted by atomic mass is 10.0. The van der Waals surface area contributed by atoms with Crippen molar-refractivity contribution in [3.63, 3.8) is 0 Å². The van der Waals surface area contributed by atoms with E-state index in [0.29, 0.717) is 18.3 Å². The molecule has 1 aromatic carbocycles. The number of nitrogens with zero attached hydrogens (tertiary/aromatic N) is 1. The number of benzene rings is 1. The molecule has 1 aliphatic rings. The van der Waals surface area contributed by atoms with Gasteiger partial charge in [-0.1, -0.05) is 26.0 Å². The maximum Gasteiger partial charge on any atom is 0.303 e. The predicted octanol–water partition coefficient (Wildman–Crippen LogP) is 3.50. The smallest absolute Gasteiger partial charge is 0.303 e. The molecule has 1 aromatic rings. The molecule has 1 fully saturated rings. The zero-order chi connectivity index (χ0) is 13.8. The maximum atomic E-state index is 10.6. The number of anilines is 1. The van der Waals surface area contributed by atoms with Crippen LogP contribution in [0.2, 0.25) is 0 Å². The fourth-order valence-electron chi connectivity index (χ4n) is 2.70. The number of aliphatic carboxylic acids is 1. The zero-order valence-electron chi connectivity index (χ0n) is 11.8. The summed E-state index contributed by atoms with van der Waals surface area (Å²) >= 11 is 0. The molecule has 19 heavy (non-hydrogen) atoms. The Balaban J connectivity index is 1.91. The molecule has 0 spiro atoms. The molecule has 1 saturated heterocycles. The molecule has 1 unspecified atom stereocenters. The fraction of sp³-hybridized carbons (Fsp3) is 0.562. The van der Waals surface area contributed by atoms with Crippen LogP contribution in [0.25, 0.3) is 0 Å². The second kappa shape index (κ2) is 6.09. The first-order valence-corrected chi connectivity index (χ1v) is 7.13. The molecule has 0 aromatic heterocycles. The SMILES string of the molecule is CC(C)c1ccc(N2CCC(CCC(=O)O)C2)cc1. The largest absolute Gasteiger partial charge is 0.481 e. The van der Waals surface area contributed by atoms with Crippen LogP contribution in [-0.2, 0) is 4.79 Å². The topological polar surface area (TPSA) is 40.5 Å². The lowest BCUT2D eigenvalue weighted by molar-refractivity contribution is -0.137. The van der Waals surface area contributed by atoms with Crippen LogP contribution in [0.1, 0.15) is 44.6 Å². The van der Waals surface area contributed by atoms with Crippen LogP contribution in [0.15, 0.2) is 24.3 Å². The molecule has 1 aliphatic heterocycles. The standard InChI is InChI=1S/C16H23NO2/c1-12(2)14-4-6-15(7-5-14)17-10-9-13(11-17)3-8-16(18)19/h4-7,12-13H,3,8-11H2,1-2H3,(H,18,19). The molecule has 0 radical (unpaired) electrons. The molecule has 2 rings (SSSR count). The molecule has 3 nitrogen and oxygen atoms in total. The third-order valence-corrected chi connectivity index (χ3v) is 3.98. The molecule has 1 atom stereocenters. The Kier molecular flexibility index (Phi) is 4.46. The van der Waals surface area contributed by atoms with E-state index in [4.69, 9.17) is 5.11 Å². The van der Waals surface area contributed by atoms with Crippen LogP contribution in [0.3, 0.4) is 0 Å². The van der Waals surface area contributed by atoms with E-state index < -0.39 is 5.97 Å². The summed E-state index contributed by atoms with van der Waals surface area (Å²) < 4.78 is 0. The summed E-state index contributed by atoms with van der Waals surface area (Å²) in [6.45, 7) is 6.44. The summed E-state index contributed by atoms with van der Waals surface area (Å²) in [5, 5.41) is 8.73. The summed E-state index contributed by atoms with van der Waals surface area (Å²) in [5.41, 5.74) is 2.63. The molecule has 0 saturated carbocycles. The minimum Gasteiger partial charge on any atom is -0.481 e. The molecular weight excluding hydrogens is 238 g/mol. The number of carbonyl (C=O) groups is 1. The summed E-state index contributed by atoms with van der Waals surface area (Å²) in [5.74, 6) is 0.413. The first kappa shape index (κ1) is 13.9. The van der Waals surface area contributed by atoms with Crippen LogP contribution in [0.4, 0.5) is 5.69 Å². The van der Waals surface area contributed by atoms with Crippen LogP contribution >= 0.6 is 0 Å². The van der Waals surface area contributed by atoms with Crippen LogP contribution in [0, 0.1) is 5.92 Å². The van der Waals surface area contributed by atoms with Gasteiger partial charge in [-0.15, -0.1) is 0 Å². The van der Waals surface area contributed by atoms with Crippen LogP contribution in [-0.4, -0.2) is 24.2 Å². The number of hydrogen-bond donors (Lipinski definition) is 1. The lowest BCUT2D eigenvalue weighted by Gasteiger charge is -2.19. The van der Waals surface area contributed by atoms with Gasteiger partial charge < -0.3 is 10.0 Å². The van der Waals surface area contributed by atoms with Gasteiger partial charge >= 0.3 is 5.97 Å². The third kappa shape index (κ3) is 3.72. The predicted molar refractivity (Wildman–Crippen MR) is 77.7 cm³/mol. The molecular formula is C16H23NO2. The van der Waals surface area contributed by atoms with Gasteiger partial charge in [0.25, 0.3) is 0 Å². The maximum absolute atomic E-state index is 10.6. The first-order chi connectivity index (χ1) is 9.06. The van der Waals surface area contributed by atoms with Crippen molar-refractivity contribution in [2.75, 3.05) is 18.0 Å². The minimum atomic E-state index is -0.681. The van der Waals surface area contributed by atoms with Gasteiger partial charge in [0, 0.05) is 25.2 Å². The van der Waals surface area contributed by atoms with Gasteiger partial charge in [0.1, 0.15) is 0 Å². The third-order valence-electron chi connectivity index (χ3n) is 3.98. The number of rotatable bonds is 5. The van der Waals surface area contributed by atoms with E-state index >= 15 is 0 Å². The Morgan fingerprint density at radius 3 is 2.63 bits per heavy atom.